The maximum Gasteiger partial charge on any atom is 0.421 e. The number of halogens is 3. The van der Waals surface area contributed by atoms with Gasteiger partial charge in [-0.1, -0.05) is 13.8 Å². The molecule has 3 nitrogen and oxygen atoms in total. The first kappa shape index (κ1) is 14.1. The number of aromatic nitrogens is 1. The topological polar surface area (TPSA) is 31.4 Å². The molecule has 0 saturated carbocycles. The number of rotatable bonds is 3. The Morgan fingerprint density at radius 1 is 1.42 bits per heavy atom. The molecule has 1 aliphatic rings. The molecule has 19 heavy (non-hydrogen) atoms. The van der Waals surface area contributed by atoms with Gasteiger partial charge in [0.1, 0.15) is 11.7 Å². The Labute approximate surface area is 109 Å². The molecule has 1 aromatic rings. The zero-order chi connectivity index (χ0) is 14.0. The van der Waals surface area contributed by atoms with Crippen molar-refractivity contribution in [1.29, 1.82) is 0 Å². The van der Waals surface area contributed by atoms with E-state index in [-0.39, 0.29) is 17.9 Å². The molecule has 0 amide bonds. The van der Waals surface area contributed by atoms with Gasteiger partial charge in [0.15, 0.2) is 0 Å². The summed E-state index contributed by atoms with van der Waals surface area (Å²) in [7, 11) is 0. The van der Waals surface area contributed by atoms with Crippen LogP contribution in [0.2, 0.25) is 0 Å². The molecule has 6 heteroatoms. The lowest BCUT2D eigenvalue weighted by Gasteiger charge is -2.17. The van der Waals surface area contributed by atoms with Gasteiger partial charge in [-0.2, -0.15) is 13.2 Å². The fourth-order valence-electron chi connectivity index (χ4n) is 1.84. The van der Waals surface area contributed by atoms with Gasteiger partial charge < -0.3 is 9.47 Å². The first-order chi connectivity index (χ1) is 8.88. The van der Waals surface area contributed by atoms with Crippen molar-refractivity contribution in [3.8, 4) is 5.88 Å². The molecule has 1 atom stereocenters. The van der Waals surface area contributed by atoms with E-state index >= 15 is 0 Å². The predicted octanol–water partition coefficient (Wildman–Crippen LogP) is 3.39. The van der Waals surface area contributed by atoms with Crippen molar-refractivity contribution in [3.05, 3.63) is 23.4 Å². The number of hydrogen-bond acceptors (Lipinski definition) is 3. The maximum absolute atomic E-state index is 13.0. The molecule has 0 aliphatic carbocycles. The summed E-state index contributed by atoms with van der Waals surface area (Å²) >= 11 is 0. The van der Waals surface area contributed by atoms with Gasteiger partial charge >= 0.3 is 6.18 Å². The van der Waals surface area contributed by atoms with Gasteiger partial charge in [0.05, 0.1) is 13.2 Å². The van der Waals surface area contributed by atoms with Crippen molar-refractivity contribution in [2.45, 2.75) is 38.5 Å². The van der Waals surface area contributed by atoms with Crippen LogP contribution in [0.15, 0.2) is 12.3 Å². The van der Waals surface area contributed by atoms with E-state index in [0.29, 0.717) is 25.2 Å². The Balaban J connectivity index is 2.30. The molecule has 1 aromatic heterocycles. The Morgan fingerprint density at radius 2 is 2.16 bits per heavy atom. The summed E-state index contributed by atoms with van der Waals surface area (Å²) in [5.41, 5.74) is -0.270. The molecule has 1 unspecified atom stereocenters. The number of alkyl halides is 3. The summed E-state index contributed by atoms with van der Waals surface area (Å²) in [6.07, 6.45) is -2.79. The fourth-order valence-corrected chi connectivity index (χ4v) is 1.84. The van der Waals surface area contributed by atoms with E-state index in [1.54, 1.807) is 0 Å². The van der Waals surface area contributed by atoms with Crippen molar-refractivity contribution in [1.82, 2.24) is 4.98 Å². The second kappa shape index (κ2) is 5.36. The summed E-state index contributed by atoms with van der Waals surface area (Å²) < 4.78 is 49.4. The van der Waals surface area contributed by atoms with E-state index in [1.165, 1.54) is 6.20 Å². The lowest BCUT2D eigenvalue weighted by atomic mass is 10.0. The third-order valence-corrected chi connectivity index (χ3v) is 3.01. The molecule has 2 heterocycles. The number of nitrogens with zero attached hydrogens (tertiary/aromatic N) is 1. The summed E-state index contributed by atoms with van der Waals surface area (Å²) in [6.45, 7) is 4.46. The molecular formula is C13H16F3NO2. The van der Waals surface area contributed by atoms with Crippen LogP contribution in [0.3, 0.4) is 0 Å². The molecule has 0 aromatic carbocycles. The van der Waals surface area contributed by atoms with Gasteiger partial charge in [-0.3, -0.25) is 0 Å². The highest BCUT2D eigenvalue weighted by Gasteiger charge is 2.36. The van der Waals surface area contributed by atoms with Crippen molar-refractivity contribution in [3.63, 3.8) is 0 Å². The lowest BCUT2D eigenvalue weighted by Crippen LogP contribution is -2.20. The molecule has 106 valence electrons. The van der Waals surface area contributed by atoms with Crippen LogP contribution in [-0.2, 0) is 10.9 Å². The molecule has 0 spiro atoms. The Bertz CT molecular complexity index is 440. The van der Waals surface area contributed by atoms with Crippen LogP contribution in [0.5, 0.6) is 5.88 Å². The van der Waals surface area contributed by atoms with E-state index in [2.05, 4.69) is 4.98 Å². The Kier molecular flexibility index (Phi) is 3.99. The van der Waals surface area contributed by atoms with Crippen LogP contribution >= 0.6 is 0 Å². The molecular weight excluding hydrogens is 259 g/mol. The molecule has 1 saturated heterocycles. The highest BCUT2D eigenvalue weighted by atomic mass is 19.4. The smallest absolute Gasteiger partial charge is 0.421 e. The maximum atomic E-state index is 13.0. The Morgan fingerprint density at radius 3 is 2.68 bits per heavy atom. The van der Waals surface area contributed by atoms with E-state index in [1.807, 2.05) is 13.8 Å². The first-order valence-corrected chi connectivity index (χ1v) is 6.19. The third-order valence-electron chi connectivity index (χ3n) is 3.01. The minimum absolute atomic E-state index is 0.0162. The van der Waals surface area contributed by atoms with Gasteiger partial charge in [-0.15, -0.1) is 0 Å². The van der Waals surface area contributed by atoms with Crippen molar-refractivity contribution in [2.24, 2.45) is 0 Å². The second-order valence-electron chi connectivity index (χ2n) is 4.88. The standard InChI is InChI=1S/C13H16F3NO2/c1-8(2)9-5-11(13(14,15)16)12(17-6-9)19-10-3-4-18-7-10/h5-6,8,10H,3-4,7H2,1-2H3. The molecule has 0 radical (unpaired) electrons. The lowest BCUT2D eigenvalue weighted by molar-refractivity contribution is -0.139. The SMILES string of the molecule is CC(C)c1cnc(OC2CCOC2)c(C(F)(F)F)c1. The molecule has 1 fully saturated rings. The summed E-state index contributed by atoms with van der Waals surface area (Å²) in [6, 6.07) is 1.11. The van der Waals surface area contributed by atoms with Gasteiger partial charge in [-0.25, -0.2) is 4.98 Å². The minimum Gasteiger partial charge on any atom is -0.471 e. The largest absolute Gasteiger partial charge is 0.471 e. The van der Waals surface area contributed by atoms with E-state index in [9.17, 15) is 13.2 Å². The zero-order valence-corrected chi connectivity index (χ0v) is 10.8. The highest BCUT2D eigenvalue weighted by Crippen LogP contribution is 2.37. The van der Waals surface area contributed by atoms with E-state index < -0.39 is 11.7 Å². The van der Waals surface area contributed by atoms with Crippen LogP contribution in [0, 0.1) is 0 Å². The monoisotopic (exact) mass is 275 g/mol. The van der Waals surface area contributed by atoms with Crippen LogP contribution < -0.4 is 4.74 Å². The van der Waals surface area contributed by atoms with Crippen LogP contribution in [0.4, 0.5) is 13.2 Å². The fraction of sp³-hybridized carbons (Fsp3) is 0.615. The molecule has 1 aliphatic heterocycles. The van der Waals surface area contributed by atoms with Gasteiger partial charge in [-0.05, 0) is 17.5 Å². The minimum atomic E-state index is -4.47. The van der Waals surface area contributed by atoms with Crippen molar-refractivity contribution < 1.29 is 22.6 Å². The average Bonchev–Trinajstić information content (AvgIpc) is 2.80. The van der Waals surface area contributed by atoms with Crippen LogP contribution in [0.1, 0.15) is 37.3 Å². The normalized spacial score (nSPS) is 20.0. The van der Waals surface area contributed by atoms with E-state index in [0.717, 1.165) is 6.07 Å². The first-order valence-electron chi connectivity index (χ1n) is 6.19. The third kappa shape index (κ3) is 3.37. The predicted molar refractivity (Wildman–Crippen MR) is 63.2 cm³/mol. The number of hydrogen-bond donors (Lipinski definition) is 0. The summed E-state index contributed by atoms with van der Waals surface area (Å²) in [4.78, 5) is 3.83. The van der Waals surface area contributed by atoms with Crippen molar-refractivity contribution in [2.75, 3.05) is 13.2 Å². The summed E-state index contributed by atoms with van der Waals surface area (Å²) in [5.74, 6) is -0.370. The molecule has 0 N–H and O–H groups in total. The van der Waals surface area contributed by atoms with Crippen LogP contribution in [-0.4, -0.2) is 24.3 Å². The van der Waals surface area contributed by atoms with Gasteiger partial charge in [0, 0.05) is 12.6 Å². The Hall–Kier alpha value is -1.30. The van der Waals surface area contributed by atoms with E-state index in [4.69, 9.17) is 9.47 Å². The quantitative estimate of drug-likeness (QED) is 0.847. The van der Waals surface area contributed by atoms with Crippen LogP contribution in [0.25, 0.3) is 0 Å². The number of pyridine rings is 1. The van der Waals surface area contributed by atoms with Crippen molar-refractivity contribution >= 4 is 0 Å². The molecule has 0 bridgehead atoms. The average molecular weight is 275 g/mol. The summed E-state index contributed by atoms with van der Waals surface area (Å²) in [5, 5.41) is 0. The highest BCUT2D eigenvalue weighted by molar-refractivity contribution is 5.34. The number of ether oxygens (including phenoxy) is 2. The second-order valence-corrected chi connectivity index (χ2v) is 4.88. The zero-order valence-electron chi connectivity index (χ0n) is 10.8. The van der Waals surface area contributed by atoms with Gasteiger partial charge in [0.25, 0.3) is 0 Å². The van der Waals surface area contributed by atoms with Gasteiger partial charge in [0.2, 0.25) is 5.88 Å². The molecule has 2 rings (SSSR count).